The highest BCUT2D eigenvalue weighted by Crippen LogP contribution is 2.11. The first-order valence-corrected chi connectivity index (χ1v) is 6.63. The van der Waals surface area contributed by atoms with Crippen LogP contribution < -0.4 is 16.2 Å². The molecule has 1 saturated heterocycles. The summed E-state index contributed by atoms with van der Waals surface area (Å²) in [4.78, 5) is 23.2. The van der Waals surface area contributed by atoms with Crippen LogP contribution >= 0.6 is 0 Å². The van der Waals surface area contributed by atoms with E-state index in [0.717, 1.165) is 12.1 Å². The van der Waals surface area contributed by atoms with Crippen molar-refractivity contribution < 1.29 is 14.3 Å². The number of anilines is 1. The van der Waals surface area contributed by atoms with E-state index >= 15 is 0 Å². The van der Waals surface area contributed by atoms with Crippen molar-refractivity contribution in [2.75, 3.05) is 18.5 Å². The van der Waals surface area contributed by atoms with Gasteiger partial charge in [0.1, 0.15) is 6.10 Å². The zero-order valence-electron chi connectivity index (χ0n) is 11.4. The van der Waals surface area contributed by atoms with E-state index in [-0.39, 0.29) is 18.4 Å². The van der Waals surface area contributed by atoms with Gasteiger partial charge in [-0.2, -0.15) is 5.26 Å². The van der Waals surface area contributed by atoms with Crippen LogP contribution in [-0.2, 0) is 14.3 Å². The number of nitrogens with one attached hydrogen (secondary N) is 3. The maximum atomic E-state index is 11.6. The molecule has 1 aliphatic rings. The summed E-state index contributed by atoms with van der Waals surface area (Å²) < 4.78 is 5.19. The Morgan fingerprint density at radius 1 is 1.29 bits per heavy atom. The van der Waals surface area contributed by atoms with Gasteiger partial charge in [-0.05, 0) is 37.1 Å². The van der Waals surface area contributed by atoms with Crippen LogP contribution in [0, 0.1) is 11.3 Å². The molecule has 2 rings (SSSR count). The summed E-state index contributed by atoms with van der Waals surface area (Å²) in [6.07, 6.45) is 1.05. The Balaban J connectivity index is 1.69. The molecule has 0 aromatic heterocycles. The van der Waals surface area contributed by atoms with Crippen LogP contribution in [0.5, 0.6) is 0 Å². The van der Waals surface area contributed by atoms with Crippen LogP contribution in [-0.4, -0.2) is 31.1 Å². The second-order valence-corrected chi connectivity index (χ2v) is 4.58. The van der Waals surface area contributed by atoms with Crippen LogP contribution in [0.15, 0.2) is 24.3 Å². The first-order chi connectivity index (χ1) is 10.2. The molecule has 110 valence electrons. The van der Waals surface area contributed by atoms with Crippen molar-refractivity contribution in [2.24, 2.45) is 0 Å². The van der Waals surface area contributed by atoms with E-state index in [4.69, 9.17) is 10.00 Å². The molecule has 1 aromatic rings. The molecule has 1 fully saturated rings. The highest BCUT2D eigenvalue weighted by molar-refractivity contribution is 5.86. The Bertz CT molecular complexity index is 544. The molecule has 1 aliphatic heterocycles. The summed E-state index contributed by atoms with van der Waals surface area (Å²) in [6, 6.07) is 8.73. The second kappa shape index (κ2) is 7.26. The summed E-state index contributed by atoms with van der Waals surface area (Å²) >= 11 is 0. The maximum absolute atomic E-state index is 11.6. The minimum absolute atomic E-state index is 0.0116. The molecule has 1 atom stereocenters. The Morgan fingerprint density at radius 3 is 2.67 bits per heavy atom. The van der Waals surface area contributed by atoms with Gasteiger partial charge in [0.05, 0.1) is 18.2 Å². The third-order valence-electron chi connectivity index (χ3n) is 3.01. The van der Waals surface area contributed by atoms with Crippen molar-refractivity contribution in [1.82, 2.24) is 10.9 Å². The number of carbonyl (C=O) groups is 2. The lowest BCUT2D eigenvalue weighted by Gasteiger charge is -2.12. The average molecular weight is 288 g/mol. The molecule has 7 heteroatoms. The molecule has 0 radical (unpaired) electrons. The highest BCUT2D eigenvalue weighted by atomic mass is 16.5. The molecule has 1 unspecified atom stereocenters. The fourth-order valence-electron chi connectivity index (χ4n) is 1.89. The minimum atomic E-state index is -0.475. The van der Waals surface area contributed by atoms with Crippen LogP contribution in [0.2, 0.25) is 0 Å². The molecule has 1 heterocycles. The zero-order valence-corrected chi connectivity index (χ0v) is 11.4. The van der Waals surface area contributed by atoms with Crippen LogP contribution in [0.25, 0.3) is 0 Å². The van der Waals surface area contributed by atoms with Crippen molar-refractivity contribution >= 4 is 17.5 Å². The van der Waals surface area contributed by atoms with E-state index in [1.807, 2.05) is 6.07 Å². The van der Waals surface area contributed by atoms with E-state index in [1.165, 1.54) is 0 Å². The fraction of sp³-hybridized carbons (Fsp3) is 0.357. The van der Waals surface area contributed by atoms with E-state index < -0.39 is 6.10 Å². The lowest BCUT2D eigenvalue weighted by Crippen LogP contribution is -2.48. The van der Waals surface area contributed by atoms with Gasteiger partial charge >= 0.3 is 0 Å². The van der Waals surface area contributed by atoms with Gasteiger partial charge in [0, 0.05) is 12.3 Å². The Hall–Kier alpha value is -2.59. The van der Waals surface area contributed by atoms with E-state index in [1.54, 1.807) is 24.3 Å². The largest absolute Gasteiger partial charge is 0.376 e. The molecular weight excluding hydrogens is 272 g/mol. The average Bonchev–Trinajstić information content (AvgIpc) is 3.05. The molecule has 1 aromatic carbocycles. The van der Waals surface area contributed by atoms with Gasteiger partial charge in [-0.3, -0.25) is 20.4 Å². The zero-order chi connectivity index (χ0) is 15.1. The Morgan fingerprint density at radius 2 is 2.05 bits per heavy atom. The quantitative estimate of drug-likeness (QED) is 0.691. The van der Waals surface area contributed by atoms with Crippen LogP contribution in [0.3, 0.4) is 0 Å². The van der Waals surface area contributed by atoms with Gasteiger partial charge in [0.25, 0.3) is 11.8 Å². The molecule has 3 N–H and O–H groups in total. The normalized spacial score (nSPS) is 16.8. The molecule has 0 bridgehead atoms. The third-order valence-corrected chi connectivity index (χ3v) is 3.01. The van der Waals surface area contributed by atoms with Crippen molar-refractivity contribution in [3.8, 4) is 6.07 Å². The fourth-order valence-corrected chi connectivity index (χ4v) is 1.89. The summed E-state index contributed by atoms with van der Waals surface area (Å²) in [5, 5.41) is 11.6. The predicted octanol–water partition coefficient (Wildman–Crippen LogP) is 0.297. The summed E-state index contributed by atoms with van der Waals surface area (Å²) in [6.45, 7) is 0.587. The minimum Gasteiger partial charge on any atom is -0.376 e. The van der Waals surface area contributed by atoms with Crippen LogP contribution in [0.4, 0.5) is 5.69 Å². The predicted molar refractivity (Wildman–Crippen MR) is 74.9 cm³/mol. The number of nitrogens with zero attached hydrogens (tertiary/aromatic N) is 1. The highest BCUT2D eigenvalue weighted by Gasteiger charge is 2.23. The van der Waals surface area contributed by atoms with Crippen molar-refractivity contribution in [2.45, 2.75) is 18.9 Å². The van der Waals surface area contributed by atoms with Crippen molar-refractivity contribution in [1.29, 1.82) is 5.26 Å². The first kappa shape index (κ1) is 14.8. The van der Waals surface area contributed by atoms with E-state index in [9.17, 15) is 9.59 Å². The Labute approximate surface area is 122 Å². The van der Waals surface area contributed by atoms with Gasteiger partial charge in [-0.25, -0.2) is 0 Å². The third kappa shape index (κ3) is 4.47. The molecule has 7 nitrogen and oxygen atoms in total. The van der Waals surface area contributed by atoms with E-state index in [2.05, 4.69) is 16.2 Å². The number of benzene rings is 1. The van der Waals surface area contributed by atoms with Gasteiger partial charge < -0.3 is 10.1 Å². The number of nitriles is 1. The molecule has 0 spiro atoms. The molecule has 2 amide bonds. The van der Waals surface area contributed by atoms with Gasteiger partial charge in [0.2, 0.25) is 0 Å². The number of hydrazine groups is 1. The maximum Gasteiger partial charge on any atom is 0.267 e. The van der Waals surface area contributed by atoms with Gasteiger partial charge in [0.15, 0.2) is 0 Å². The standard InChI is InChI=1S/C14H16N4O3/c15-8-10-3-5-11(6-4-10)16-9-13(19)17-18-14(20)12-2-1-7-21-12/h3-6,12,16H,1-2,7,9H2,(H,17,19)(H,18,20). The molecule has 0 saturated carbocycles. The number of rotatable bonds is 4. The molecule has 0 aliphatic carbocycles. The lowest BCUT2D eigenvalue weighted by atomic mass is 10.2. The number of hydrogen-bond donors (Lipinski definition) is 3. The van der Waals surface area contributed by atoms with E-state index in [0.29, 0.717) is 18.6 Å². The summed E-state index contributed by atoms with van der Waals surface area (Å²) in [5.74, 6) is -0.704. The number of hydrogen-bond acceptors (Lipinski definition) is 5. The number of ether oxygens (including phenoxy) is 1. The Kier molecular flexibility index (Phi) is 5.12. The first-order valence-electron chi connectivity index (χ1n) is 6.63. The van der Waals surface area contributed by atoms with Gasteiger partial charge in [-0.15, -0.1) is 0 Å². The van der Waals surface area contributed by atoms with Crippen molar-refractivity contribution in [3.63, 3.8) is 0 Å². The summed E-state index contributed by atoms with van der Waals surface area (Å²) in [5.41, 5.74) is 5.92. The molecular formula is C14H16N4O3. The topological polar surface area (TPSA) is 103 Å². The SMILES string of the molecule is N#Cc1ccc(NCC(=O)NNC(=O)C2CCCO2)cc1. The monoisotopic (exact) mass is 288 g/mol. The van der Waals surface area contributed by atoms with Gasteiger partial charge in [-0.1, -0.05) is 0 Å². The van der Waals surface area contributed by atoms with Crippen LogP contribution in [0.1, 0.15) is 18.4 Å². The number of amides is 2. The summed E-state index contributed by atoms with van der Waals surface area (Å²) in [7, 11) is 0. The molecule has 21 heavy (non-hydrogen) atoms. The second-order valence-electron chi connectivity index (χ2n) is 4.58. The van der Waals surface area contributed by atoms with Crippen molar-refractivity contribution in [3.05, 3.63) is 29.8 Å². The number of carbonyl (C=O) groups excluding carboxylic acids is 2. The lowest BCUT2D eigenvalue weighted by molar-refractivity contribution is -0.134. The smallest absolute Gasteiger partial charge is 0.267 e.